The van der Waals surface area contributed by atoms with Gasteiger partial charge in [0.15, 0.2) is 11.4 Å². The van der Waals surface area contributed by atoms with E-state index in [4.69, 9.17) is 5.73 Å². The fraction of sp³-hybridized carbons (Fsp3) is 0.333. The van der Waals surface area contributed by atoms with Crippen molar-refractivity contribution in [1.82, 2.24) is 20.2 Å². The first-order valence-corrected chi connectivity index (χ1v) is 12.6. The third-order valence-corrected chi connectivity index (χ3v) is 8.03. The van der Waals surface area contributed by atoms with Crippen molar-refractivity contribution in [1.29, 1.82) is 0 Å². The summed E-state index contributed by atoms with van der Waals surface area (Å²) in [7, 11) is 3.09. The van der Waals surface area contributed by atoms with E-state index in [-0.39, 0.29) is 36.2 Å². The summed E-state index contributed by atoms with van der Waals surface area (Å²) < 4.78 is 0. The molecule has 0 unspecified atom stereocenters. The first-order chi connectivity index (χ1) is 19.3. The van der Waals surface area contributed by atoms with Gasteiger partial charge in [-0.3, -0.25) is 24.1 Å². The van der Waals surface area contributed by atoms with Crippen molar-refractivity contribution in [2.45, 2.75) is 31.0 Å². The number of aromatic hydroxyl groups is 2. The van der Waals surface area contributed by atoms with E-state index in [1.807, 2.05) is 0 Å². The van der Waals surface area contributed by atoms with Crippen LogP contribution < -0.4 is 11.1 Å². The number of likely N-dealkylation sites (N-methyl/N-ethyl adjacent to an activating group) is 1. The van der Waals surface area contributed by atoms with E-state index in [1.165, 1.54) is 17.0 Å². The van der Waals surface area contributed by atoms with E-state index in [0.29, 0.717) is 11.1 Å². The summed E-state index contributed by atoms with van der Waals surface area (Å²) >= 11 is 0. The highest BCUT2D eigenvalue weighted by atomic mass is 16.3. The number of allylic oxidation sites excluding steroid dienone is 1. The zero-order valence-corrected chi connectivity index (χ0v) is 22.0. The Balaban J connectivity index is 1.57. The Labute approximate surface area is 232 Å². The normalized spacial score (nSPS) is 25.5. The van der Waals surface area contributed by atoms with Crippen LogP contribution in [0.5, 0.6) is 11.6 Å². The summed E-state index contributed by atoms with van der Waals surface area (Å²) in [5.74, 6) is -8.40. The Kier molecular flexibility index (Phi) is 6.54. The molecular formula is C27H27N5O9. The number of hydrogen-bond acceptors (Lipinski definition) is 12. The number of nitrogens with two attached hydrogens (primary N) is 1. The highest BCUT2D eigenvalue weighted by molar-refractivity contribution is 6.24. The van der Waals surface area contributed by atoms with Gasteiger partial charge >= 0.3 is 0 Å². The second-order valence-corrected chi connectivity index (χ2v) is 10.5. The van der Waals surface area contributed by atoms with Gasteiger partial charge in [-0.2, -0.15) is 0 Å². The van der Waals surface area contributed by atoms with Gasteiger partial charge in [0.25, 0.3) is 11.8 Å². The molecule has 2 aromatic rings. The number of nitrogens with zero attached hydrogens (tertiary/aromatic N) is 3. The predicted octanol–water partition coefficient (Wildman–Crippen LogP) is -0.454. The van der Waals surface area contributed by atoms with Crippen molar-refractivity contribution >= 4 is 23.4 Å². The van der Waals surface area contributed by atoms with Crippen LogP contribution in [0.1, 0.15) is 38.4 Å². The quantitative estimate of drug-likeness (QED) is 0.228. The summed E-state index contributed by atoms with van der Waals surface area (Å²) in [5, 5.41) is 56.6. The molecule has 2 amide bonds. The van der Waals surface area contributed by atoms with Crippen molar-refractivity contribution in [3.8, 4) is 11.6 Å². The number of fused-ring (bicyclic) bond motifs is 3. The minimum atomic E-state index is -2.73. The number of benzene rings is 1. The Morgan fingerprint density at radius 1 is 1.15 bits per heavy atom. The minimum Gasteiger partial charge on any atom is -0.510 e. The van der Waals surface area contributed by atoms with Crippen LogP contribution in [0.25, 0.3) is 0 Å². The van der Waals surface area contributed by atoms with Gasteiger partial charge < -0.3 is 36.6 Å². The SMILES string of the molecule is CN(C)[C@@H]1C(O)=C(C(N)=O)C(=O)[C@@]2(O)C(O)=C3C(=O)c4c(O)ccc(CNC(=O)c5cc(O)ncn5)c4C[C@H]3C[C@@H]12. The average molecular weight is 566 g/mol. The number of hydrogen-bond donors (Lipinski definition) is 7. The van der Waals surface area contributed by atoms with Gasteiger partial charge in [-0.15, -0.1) is 0 Å². The first kappa shape index (κ1) is 27.7. The number of carbonyl (C=O) groups excluding carboxylic acids is 4. The zero-order valence-electron chi connectivity index (χ0n) is 22.0. The number of ketones is 2. The minimum absolute atomic E-state index is 0.0621. The van der Waals surface area contributed by atoms with Crippen LogP contribution in [0.15, 0.2) is 47.2 Å². The largest absolute Gasteiger partial charge is 0.510 e. The highest BCUT2D eigenvalue weighted by Gasteiger charge is 2.63. The van der Waals surface area contributed by atoms with E-state index in [1.54, 1.807) is 14.1 Å². The number of aromatic nitrogens is 2. The number of aliphatic hydroxyl groups excluding tert-OH is 2. The fourth-order valence-electron chi connectivity index (χ4n) is 6.22. The molecule has 14 heteroatoms. The van der Waals surface area contributed by atoms with Gasteiger partial charge in [0, 0.05) is 24.1 Å². The van der Waals surface area contributed by atoms with Crippen molar-refractivity contribution in [2.24, 2.45) is 17.6 Å². The predicted molar refractivity (Wildman–Crippen MR) is 139 cm³/mol. The van der Waals surface area contributed by atoms with E-state index in [9.17, 15) is 44.7 Å². The lowest BCUT2D eigenvalue weighted by molar-refractivity contribution is -0.148. The van der Waals surface area contributed by atoms with Crippen molar-refractivity contribution < 1.29 is 44.7 Å². The number of phenols is 1. The molecule has 14 nitrogen and oxygen atoms in total. The molecule has 41 heavy (non-hydrogen) atoms. The van der Waals surface area contributed by atoms with Crippen LogP contribution in [-0.4, -0.2) is 89.5 Å². The molecule has 0 fully saturated rings. The van der Waals surface area contributed by atoms with Crippen molar-refractivity contribution in [3.63, 3.8) is 0 Å². The van der Waals surface area contributed by atoms with Gasteiger partial charge in [0.05, 0.1) is 11.6 Å². The lowest BCUT2D eigenvalue weighted by Gasteiger charge is -2.50. The third kappa shape index (κ3) is 4.10. The van der Waals surface area contributed by atoms with E-state index in [2.05, 4.69) is 15.3 Å². The molecule has 0 radical (unpaired) electrons. The number of Topliss-reactive ketones (excluding diaryl/α,β-unsaturated/α-hetero) is 2. The second kappa shape index (κ2) is 9.67. The van der Waals surface area contributed by atoms with Crippen molar-refractivity contribution in [2.75, 3.05) is 14.1 Å². The van der Waals surface area contributed by atoms with Gasteiger partial charge in [-0.05, 0) is 50.0 Å². The monoisotopic (exact) mass is 565 g/mol. The zero-order chi connectivity index (χ0) is 30.0. The molecular weight excluding hydrogens is 538 g/mol. The van der Waals surface area contributed by atoms with Crippen LogP contribution in [0.4, 0.5) is 0 Å². The van der Waals surface area contributed by atoms with Crippen LogP contribution in [0.2, 0.25) is 0 Å². The smallest absolute Gasteiger partial charge is 0.270 e. The number of amides is 2. The van der Waals surface area contributed by atoms with Gasteiger partial charge in [-0.25, -0.2) is 9.97 Å². The van der Waals surface area contributed by atoms with Crippen LogP contribution >= 0.6 is 0 Å². The molecule has 3 aliphatic carbocycles. The molecule has 4 atom stereocenters. The van der Waals surface area contributed by atoms with Gasteiger partial charge in [-0.1, -0.05) is 6.07 Å². The number of aliphatic hydroxyl groups is 3. The molecule has 1 aromatic carbocycles. The average Bonchev–Trinajstić information content (AvgIpc) is 2.89. The molecule has 0 spiro atoms. The summed E-state index contributed by atoms with van der Waals surface area (Å²) in [6.07, 6.45) is 1.03. The summed E-state index contributed by atoms with van der Waals surface area (Å²) in [4.78, 5) is 60.5. The van der Waals surface area contributed by atoms with Gasteiger partial charge in [0.2, 0.25) is 11.7 Å². The van der Waals surface area contributed by atoms with E-state index in [0.717, 1.165) is 12.4 Å². The number of phenolic OH excluding ortho intramolecular Hbond substituents is 1. The maximum absolute atomic E-state index is 13.8. The Morgan fingerprint density at radius 2 is 1.85 bits per heavy atom. The second-order valence-electron chi connectivity index (χ2n) is 10.5. The van der Waals surface area contributed by atoms with Crippen LogP contribution in [-0.2, 0) is 22.6 Å². The fourth-order valence-corrected chi connectivity index (χ4v) is 6.22. The molecule has 214 valence electrons. The first-order valence-electron chi connectivity index (χ1n) is 12.6. The van der Waals surface area contributed by atoms with Crippen LogP contribution in [0, 0.1) is 11.8 Å². The molecule has 5 rings (SSSR count). The molecule has 3 aliphatic rings. The number of carbonyl (C=O) groups is 4. The molecule has 1 aromatic heterocycles. The molecule has 0 saturated carbocycles. The summed E-state index contributed by atoms with van der Waals surface area (Å²) in [6, 6.07) is 2.74. The lowest BCUT2D eigenvalue weighted by Crippen LogP contribution is -2.63. The summed E-state index contributed by atoms with van der Waals surface area (Å²) in [6.45, 7) is -0.0884. The van der Waals surface area contributed by atoms with Gasteiger partial charge in [0.1, 0.15) is 34.9 Å². The Morgan fingerprint density at radius 3 is 2.49 bits per heavy atom. The van der Waals surface area contributed by atoms with E-state index < -0.39 is 75.6 Å². The maximum atomic E-state index is 13.8. The molecule has 1 heterocycles. The topological polar surface area (TPSA) is 236 Å². The third-order valence-electron chi connectivity index (χ3n) is 8.03. The maximum Gasteiger partial charge on any atom is 0.270 e. The standard InChI is InChI=1S/C27H27N5O9/c1-32(2)20-13-6-11-5-12-10(8-29-26(40)14-7-16(34)31-9-30-14)3-4-15(33)18(12)21(35)17(11)23(37)27(13,41)24(38)19(22(20)36)25(28)39/h3-4,7,9,11,13,20,33,36-37,41H,5-6,8H2,1-2H3,(H2,28,39)(H,29,40)(H,30,31,34)/t11-,13-,20-,27-/m0/s1. The number of rotatable bonds is 5. The Hall–Kier alpha value is -4.82. The molecule has 8 N–H and O–H groups in total. The lowest BCUT2D eigenvalue weighted by atomic mass is 9.58. The number of primary amides is 1. The Bertz CT molecular complexity index is 1600. The van der Waals surface area contributed by atoms with Crippen LogP contribution in [0.3, 0.4) is 0 Å². The number of nitrogens with one attached hydrogen (secondary N) is 1. The summed E-state index contributed by atoms with van der Waals surface area (Å²) in [5.41, 5.74) is 2.04. The highest BCUT2D eigenvalue weighted by Crippen LogP contribution is 2.52. The van der Waals surface area contributed by atoms with E-state index >= 15 is 0 Å². The molecule has 0 bridgehead atoms. The molecule has 0 aliphatic heterocycles. The molecule has 0 saturated heterocycles. The van der Waals surface area contributed by atoms with Crippen molar-refractivity contribution in [3.05, 3.63) is 69.6 Å².